The predicted octanol–water partition coefficient (Wildman–Crippen LogP) is 4.67. The highest BCUT2D eigenvalue weighted by Gasteiger charge is 2.08. The molecule has 0 aromatic carbocycles. The third kappa shape index (κ3) is 8.10. The summed E-state index contributed by atoms with van der Waals surface area (Å²) in [6.07, 6.45) is 9.12. The van der Waals surface area contributed by atoms with Gasteiger partial charge in [-0.15, -0.1) is 0 Å². The maximum atomic E-state index is 10.6. The molecule has 0 aliphatic heterocycles. The Morgan fingerprint density at radius 2 is 1.78 bits per heavy atom. The summed E-state index contributed by atoms with van der Waals surface area (Å²) in [5, 5.41) is 8.69. The number of rotatable bonds is 8. The van der Waals surface area contributed by atoms with Crippen LogP contribution in [0.15, 0.2) is 23.8 Å². The van der Waals surface area contributed by atoms with Crippen LogP contribution in [0.25, 0.3) is 0 Å². The van der Waals surface area contributed by atoms with Crippen molar-refractivity contribution in [2.24, 2.45) is 17.8 Å². The zero-order chi connectivity index (χ0) is 14.1. The molecule has 0 bridgehead atoms. The standard InChI is InChI=1S/C16H28O2/c1-12(2)14(4)11-10-13(3)8-6-7-9-15(5)16(17)18/h6-7,9,12-14H,8,10-11H2,1-5H3,(H,17,18). The molecule has 0 saturated heterocycles. The summed E-state index contributed by atoms with van der Waals surface area (Å²) in [7, 11) is 0. The van der Waals surface area contributed by atoms with Crippen LogP contribution in [-0.4, -0.2) is 11.1 Å². The first kappa shape index (κ1) is 16.9. The van der Waals surface area contributed by atoms with E-state index in [9.17, 15) is 4.79 Å². The van der Waals surface area contributed by atoms with E-state index < -0.39 is 5.97 Å². The van der Waals surface area contributed by atoms with E-state index in [4.69, 9.17) is 5.11 Å². The fraction of sp³-hybridized carbons (Fsp3) is 0.688. The molecule has 1 N–H and O–H groups in total. The molecule has 0 heterocycles. The second kappa shape index (κ2) is 8.96. The highest BCUT2D eigenvalue weighted by molar-refractivity contribution is 5.86. The molecule has 0 aromatic rings. The lowest BCUT2D eigenvalue weighted by atomic mass is 9.89. The maximum Gasteiger partial charge on any atom is 0.331 e. The molecule has 0 fully saturated rings. The molecule has 2 unspecified atom stereocenters. The molecular weight excluding hydrogens is 224 g/mol. The molecule has 0 rings (SSSR count). The van der Waals surface area contributed by atoms with Crippen molar-refractivity contribution in [2.75, 3.05) is 0 Å². The fourth-order valence-corrected chi connectivity index (χ4v) is 1.59. The van der Waals surface area contributed by atoms with Crippen LogP contribution < -0.4 is 0 Å². The van der Waals surface area contributed by atoms with Crippen LogP contribution in [0.3, 0.4) is 0 Å². The van der Waals surface area contributed by atoms with Crippen molar-refractivity contribution in [2.45, 2.75) is 53.9 Å². The van der Waals surface area contributed by atoms with Gasteiger partial charge in [0, 0.05) is 5.57 Å². The van der Waals surface area contributed by atoms with Gasteiger partial charge in [-0.25, -0.2) is 4.79 Å². The third-order valence-corrected chi connectivity index (χ3v) is 3.61. The normalized spacial score (nSPS) is 16.2. The van der Waals surface area contributed by atoms with E-state index in [1.54, 1.807) is 13.0 Å². The quantitative estimate of drug-likeness (QED) is 0.503. The second-order valence-corrected chi connectivity index (χ2v) is 5.72. The zero-order valence-electron chi connectivity index (χ0n) is 12.4. The Morgan fingerprint density at radius 3 is 2.28 bits per heavy atom. The van der Waals surface area contributed by atoms with Crippen molar-refractivity contribution in [3.63, 3.8) is 0 Å². The van der Waals surface area contributed by atoms with Crippen molar-refractivity contribution in [1.82, 2.24) is 0 Å². The molecule has 0 aliphatic rings. The number of hydrogen-bond acceptors (Lipinski definition) is 1. The molecule has 2 nitrogen and oxygen atoms in total. The Balaban J connectivity index is 3.90. The van der Waals surface area contributed by atoms with E-state index in [0.29, 0.717) is 11.5 Å². The molecule has 0 aromatic heterocycles. The van der Waals surface area contributed by atoms with Gasteiger partial charge in [0.15, 0.2) is 0 Å². The molecule has 2 atom stereocenters. The summed E-state index contributed by atoms with van der Waals surface area (Å²) >= 11 is 0. The SMILES string of the molecule is CC(=CC=CCC(C)CCC(C)C(C)C)C(=O)O. The summed E-state index contributed by atoms with van der Waals surface area (Å²) in [6, 6.07) is 0. The lowest BCUT2D eigenvalue weighted by molar-refractivity contribution is -0.132. The van der Waals surface area contributed by atoms with Gasteiger partial charge in [-0.05, 0) is 31.1 Å². The molecule has 0 spiro atoms. The Kier molecular flexibility index (Phi) is 8.43. The van der Waals surface area contributed by atoms with Gasteiger partial charge in [0.1, 0.15) is 0 Å². The minimum atomic E-state index is -0.849. The molecule has 18 heavy (non-hydrogen) atoms. The number of allylic oxidation sites excluding steroid dienone is 3. The Morgan fingerprint density at radius 1 is 1.17 bits per heavy atom. The number of carboxylic acid groups (broad SMARTS) is 1. The lowest BCUT2D eigenvalue weighted by Crippen LogP contribution is -2.06. The molecule has 0 saturated carbocycles. The number of carboxylic acids is 1. The van der Waals surface area contributed by atoms with Crippen LogP contribution in [0, 0.1) is 17.8 Å². The van der Waals surface area contributed by atoms with E-state index >= 15 is 0 Å². The van der Waals surface area contributed by atoms with Crippen molar-refractivity contribution in [1.29, 1.82) is 0 Å². The van der Waals surface area contributed by atoms with Crippen molar-refractivity contribution in [3.05, 3.63) is 23.8 Å². The summed E-state index contributed by atoms with van der Waals surface area (Å²) < 4.78 is 0. The van der Waals surface area contributed by atoms with Crippen LogP contribution in [0.1, 0.15) is 53.9 Å². The highest BCUT2D eigenvalue weighted by atomic mass is 16.4. The largest absolute Gasteiger partial charge is 0.478 e. The second-order valence-electron chi connectivity index (χ2n) is 5.72. The summed E-state index contributed by atoms with van der Waals surface area (Å²) in [6.45, 7) is 10.7. The van der Waals surface area contributed by atoms with Crippen LogP contribution in [0.5, 0.6) is 0 Å². The lowest BCUT2D eigenvalue weighted by Gasteiger charge is -2.17. The minimum absolute atomic E-state index is 0.382. The molecule has 0 amide bonds. The monoisotopic (exact) mass is 252 g/mol. The van der Waals surface area contributed by atoms with Crippen LogP contribution in [0.4, 0.5) is 0 Å². The Hall–Kier alpha value is -1.05. The summed E-state index contributed by atoms with van der Waals surface area (Å²) in [5.41, 5.74) is 0.382. The van der Waals surface area contributed by atoms with Gasteiger partial charge < -0.3 is 5.11 Å². The molecule has 0 radical (unpaired) electrons. The van der Waals surface area contributed by atoms with Crippen LogP contribution in [0.2, 0.25) is 0 Å². The van der Waals surface area contributed by atoms with E-state index in [2.05, 4.69) is 33.8 Å². The Labute approximate surface area is 112 Å². The van der Waals surface area contributed by atoms with Gasteiger partial charge in [0.25, 0.3) is 0 Å². The van der Waals surface area contributed by atoms with Gasteiger partial charge >= 0.3 is 5.97 Å². The molecule has 104 valence electrons. The van der Waals surface area contributed by atoms with Gasteiger partial charge in [-0.2, -0.15) is 0 Å². The molecule has 0 aliphatic carbocycles. The van der Waals surface area contributed by atoms with Crippen molar-refractivity contribution < 1.29 is 9.90 Å². The fourth-order valence-electron chi connectivity index (χ4n) is 1.59. The maximum absolute atomic E-state index is 10.6. The minimum Gasteiger partial charge on any atom is -0.478 e. The molecular formula is C16H28O2. The number of carbonyl (C=O) groups is 1. The topological polar surface area (TPSA) is 37.3 Å². The van der Waals surface area contributed by atoms with Crippen LogP contribution >= 0.6 is 0 Å². The smallest absolute Gasteiger partial charge is 0.331 e. The van der Waals surface area contributed by atoms with Crippen molar-refractivity contribution >= 4 is 5.97 Å². The van der Waals surface area contributed by atoms with E-state index in [1.807, 2.05) is 6.08 Å². The van der Waals surface area contributed by atoms with Gasteiger partial charge in [-0.1, -0.05) is 58.8 Å². The number of aliphatic carboxylic acids is 1. The van der Waals surface area contributed by atoms with Gasteiger partial charge in [0.05, 0.1) is 0 Å². The Bertz CT molecular complexity index is 300. The van der Waals surface area contributed by atoms with E-state index in [1.165, 1.54) is 12.8 Å². The molecule has 2 heteroatoms. The van der Waals surface area contributed by atoms with Crippen LogP contribution in [-0.2, 0) is 4.79 Å². The third-order valence-electron chi connectivity index (χ3n) is 3.61. The average molecular weight is 252 g/mol. The average Bonchev–Trinajstić information content (AvgIpc) is 2.30. The number of hydrogen-bond donors (Lipinski definition) is 1. The van der Waals surface area contributed by atoms with Gasteiger partial charge in [0.2, 0.25) is 0 Å². The zero-order valence-corrected chi connectivity index (χ0v) is 12.4. The summed E-state index contributed by atoms with van der Waals surface area (Å²) in [5.74, 6) is 1.36. The first-order chi connectivity index (χ1) is 8.34. The van der Waals surface area contributed by atoms with Crippen molar-refractivity contribution in [3.8, 4) is 0 Å². The van der Waals surface area contributed by atoms with E-state index in [-0.39, 0.29) is 0 Å². The first-order valence-electron chi connectivity index (χ1n) is 6.91. The van der Waals surface area contributed by atoms with E-state index in [0.717, 1.165) is 18.3 Å². The van der Waals surface area contributed by atoms with Gasteiger partial charge in [-0.3, -0.25) is 0 Å². The highest BCUT2D eigenvalue weighted by Crippen LogP contribution is 2.20. The first-order valence-corrected chi connectivity index (χ1v) is 6.91. The summed E-state index contributed by atoms with van der Waals surface area (Å²) in [4.78, 5) is 10.6. The predicted molar refractivity (Wildman–Crippen MR) is 77.5 cm³/mol.